The van der Waals surface area contributed by atoms with Crippen LogP contribution in [-0.2, 0) is 27.4 Å². The van der Waals surface area contributed by atoms with Gasteiger partial charge in [0.25, 0.3) is 0 Å². The van der Waals surface area contributed by atoms with Crippen LogP contribution in [0, 0.1) is 0 Å². The second-order valence-corrected chi connectivity index (χ2v) is 7.73. The summed E-state index contributed by atoms with van der Waals surface area (Å²) in [5.74, 6) is 0.208. The van der Waals surface area contributed by atoms with Crippen molar-refractivity contribution in [3.8, 4) is 0 Å². The van der Waals surface area contributed by atoms with Crippen LogP contribution in [0.4, 0.5) is 4.79 Å². The minimum absolute atomic E-state index is 0.107. The highest BCUT2D eigenvalue weighted by molar-refractivity contribution is 5.89. The fourth-order valence-corrected chi connectivity index (χ4v) is 3.15. The van der Waals surface area contributed by atoms with E-state index in [1.807, 2.05) is 36.4 Å². The van der Waals surface area contributed by atoms with Gasteiger partial charge < -0.3 is 25.3 Å². The zero-order valence-electron chi connectivity index (χ0n) is 19.5. The van der Waals surface area contributed by atoms with Crippen LogP contribution >= 0.6 is 0 Å². The van der Waals surface area contributed by atoms with Gasteiger partial charge in [0.05, 0.1) is 25.3 Å². The number of esters is 1. The van der Waals surface area contributed by atoms with Crippen LogP contribution in [0.5, 0.6) is 0 Å². The largest absolute Gasteiger partial charge is 0.462 e. The van der Waals surface area contributed by atoms with Gasteiger partial charge in [-0.1, -0.05) is 48.5 Å². The number of unbranched alkanes of at least 4 members (excludes halogenated alkanes) is 1. The number of aromatic nitrogens is 4. The number of nitrogens with one attached hydrogen (secondary N) is 1. The maximum absolute atomic E-state index is 11.9. The summed E-state index contributed by atoms with van der Waals surface area (Å²) in [4.78, 5) is 23.7. The molecule has 0 saturated carbocycles. The van der Waals surface area contributed by atoms with E-state index in [0.717, 1.165) is 5.56 Å². The summed E-state index contributed by atoms with van der Waals surface area (Å²) in [5.41, 5.74) is 5.66. The lowest BCUT2D eigenvalue weighted by molar-refractivity contribution is -0.437. The molecule has 3 aromatic rings. The van der Waals surface area contributed by atoms with Crippen molar-refractivity contribution in [2.45, 2.75) is 32.0 Å². The zero-order chi connectivity index (χ0) is 24.7. The van der Waals surface area contributed by atoms with E-state index in [0.29, 0.717) is 50.5 Å². The first kappa shape index (κ1) is 25.8. The van der Waals surface area contributed by atoms with E-state index >= 15 is 0 Å². The van der Waals surface area contributed by atoms with Crippen molar-refractivity contribution in [1.82, 2.24) is 25.5 Å². The Morgan fingerprint density at radius 2 is 1.71 bits per heavy atom. The summed E-state index contributed by atoms with van der Waals surface area (Å²) in [6.45, 7) is 1.95. The molecule has 11 heteroatoms. The molecule has 11 nitrogen and oxygen atoms in total. The quantitative estimate of drug-likeness (QED) is 0.259. The number of benzene rings is 2. The third-order valence-corrected chi connectivity index (χ3v) is 4.97. The van der Waals surface area contributed by atoms with Gasteiger partial charge in [-0.3, -0.25) is 0 Å². The number of quaternary nitrogens is 1. The Kier molecular flexibility index (Phi) is 10.6. The van der Waals surface area contributed by atoms with Crippen LogP contribution in [0.3, 0.4) is 0 Å². The van der Waals surface area contributed by atoms with Gasteiger partial charge in [0.15, 0.2) is 6.04 Å². The van der Waals surface area contributed by atoms with E-state index < -0.39 is 6.09 Å². The van der Waals surface area contributed by atoms with E-state index in [9.17, 15) is 9.59 Å². The normalized spacial score (nSPS) is 11.6. The lowest BCUT2D eigenvalue weighted by atomic mass is 10.2. The highest BCUT2D eigenvalue weighted by Crippen LogP contribution is 2.07. The molecular weight excluding hydrogens is 452 g/mol. The molecule has 1 aromatic heterocycles. The van der Waals surface area contributed by atoms with Crippen LogP contribution in [-0.4, -0.2) is 58.6 Å². The highest BCUT2D eigenvalue weighted by atomic mass is 16.5. The standard InChI is InChI=1S/C24H30N6O5/c25-21(18-33-17-19-9-3-1-4-10-19)22-27-28-29-30(22)14-16-35-24(32)26-13-7-8-15-34-23(31)20-11-5-2-6-12-20/h1-6,9-12,21H,7-8,13-18,25H2,(H,26,32)/p+1/t21-/m1/s1. The first-order chi connectivity index (χ1) is 17.1. The topological polar surface area (TPSA) is 145 Å². The smallest absolute Gasteiger partial charge is 0.407 e. The van der Waals surface area contributed by atoms with Crippen molar-refractivity contribution in [1.29, 1.82) is 0 Å². The maximum Gasteiger partial charge on any atom is 0.407 e. The van der Waals surface area contributed by atoms with Crippen molar-refractivity contribution in [3.05, 3.63) is 77.6 Å². The molecule has 0 unspecified atom stereocenters. The number of carbonyl (C=O) groups excluding carboxylic acids is 2. The second kappa shape index (κ2) is 14.4. The van der Waals surface area contributed by atoms with Crippen LogP contribution in [0.2, 0.25) is 0 Å². The summed E-state index contributed by atoms with van der Waals surface area (Å²) in [7, 11) is 0. The molecular formula is C24H31N6O5+. The molecule has 1 atom stereocenters. The van der Waals surface area contributed by atoms with Crippen molar-refractivity contribution >= 4 is 12.1 Å². The molecule has 1 heterocycles. The van der Waals surface area contributed by atoms with Crippen LogP contribution in [0.25, 0.3) is 0 Å². The number of ether oxygens (including phenoxy) is 3. The predicted octanol–water partition coefficient (Wildman–Crippen LogP) is 1.54. The molecule has 1 amide bonds. The van der Waals surface area contributed by atoms with Gasteiger partial charge in [-0.05, 0) is 41.0 Å². The number of alkyl carbamates (subject to hydrolysis) is 1. The molecule has 0 spiro atoms. The van der Waals surface area contributed by atoms with E-state index in [-0.39, 0.29) is 25.2 Å². The lowest BCUT2D eigenvalue weighted by Gasteiger charge is -2.11. The number of hydrogen-bond donors (Lipinski definition) is 2. The Morgan fingerprint density at radius 1 is 0.971 bits per heavy atom. The molecule has 0 aliphatic rings. The lowest BCUT2D eigenvalue weighted by Crippen LogP contribution is -2.56. The fraction of sp³-hybridized carbons (Fsp3) is 0.375. The van der Waals surface area contributed by atoms with Gasteiger partial charge in [-0.15, -0.1) is 5.10 Å². The molecule has 2 aromatic carbocycles. The molecule has 3 rings (SSSR count). The Hall–Kier alpha value is -3.83. The zero-order valence-corrected chi connectivity index (χ0v) is 19.5. The third-order valence-electron chi connectivity index (χ3n) is 4.97. The summed E-state index contributed by atoms with van der Waals surface area (Å²) in [5, 5.41) is 14.3. The molecule has 0 fully saturated rings. The van der Waals surface area contributed by atoms with E-state index in [2.05, 4.69) is 26.6 Å². The number of carbonyl (C=O) groups is 2. The molecule has 0 bridgehead atoms. The number of nitrogens with zero attached hydrogens (tertiary/aromatic N) is 4. The molecule has 0 aliphatic heterocycles. The van der Waals surface area contributed by atoms with Gasteiger partial charge in [0.1, 0.15) is 13.2 Å². The number of hydrogen-bond acceptors (Lipinski definition) is 8. The molecule has 0 saturated heterocycles. The van der Waals surface area contributed by atoms with Crippen molar-refractivity contribution < 1.29 is 29.5 Å². The summed E-state index contributed by atoms with van der Waals surface area (Å²) in [6.07, 6.45) is 0.753. The molecule has 0 radical (unpaired) electrons. The SMILES string of the molecule is [NH3+][C@H](COCc1ccccc1)c1nnnn1CCOC(=O)NCCCCOC(=O)c1ccccc1. The van der Waals surface area contributed by atoms with Gasteiger partial charge >= 0.3 is 12.1 Å². The maximum atomic E-state index is 11.9. The van der Waals surface area contributed by atoms with Crippen LogP contribution < -0.4 is 11.1 Å². The Bertz CT molecular complexity index is 1030. The van der Waals surface area contributed by atoms with Crippen molar-refractivity contribution in [3.63, 3.8) is 0 Å². The van der Waals surface area contributed by atoms with Gasteiger partial charge in [0, 0.05) is 6.54 Å². The number of tetrazole rings is 1. The van der Waals surface area contributed by atoms with Gasteiger partial charge in [0.2, 0.25) is 5.82 Å². The molecule has 0 aliphatic carbocycles. The molecule has 4 N–H and O–H groups in total. The summed E-state index contributed by atoms with van der Waals surface area (Å²) >= 11 is 0. The second-order valence-electron chi connectivity index (χ2n) is 7.73. The first-order valence-electron chi connectivity index (χ1n) is 11.5. The van der Waals surface area contributed by atoms with E-state index in [1.165, 1.54) is 0 Å². The monoisotopic (exact) mass is 483 g/mol. The fourth-order valence-electron chi connectivity index (χ4n) is 3.15. The summed E-state index contributed by atoms with van der Waals surface area (Å²) < 4.78 is 17.7. The minimum Gasteiger partial charge on any atom is -0.462 e. The third kappa shape index (κ3) is 9.14. The molecule has 35 heavy (non-hydrogen) atoms. The number of rotatable bonds is 14. The van der Waals surface area contributed by atoms with Crippen molar-refractivity contribution in [2.24, 2.45) is 0 Å². The van der Waals surface area contributed by atoms with Crippen LogP contribution in [0.1, 0.15) is 40.6 Å². The van der Waals surface area contributed by atoms with Gasteiger partial charge in [-0.2, -0.15) is 0 Å². The van der Waals surface area contributed by atoms with Crippen molar-refractivity contribution in [2.75, 3.05) is 26.4 Å². The predicted molar refractivity (Wildman–Crippen MR) is 125 cm³/mol. The van der Waals surface area contributed by atoms with E-state index in [1.54, 1.807) is 28.9 Å². The van der Waals surface area contributed by atoms with Crippen LogP contribution in [0.15, 0.2) is 60.7 Å². The first-order valence-corrected chi connectivity index (χ1v) is 11.5. The Labute approximate surface area is 203 Å². The average molecular weight is 484 g/mol. The Balaban J connectivity index is 1.25. The van der Waals surface area contributed by atoms with Gasteiger partial charge in [-0.25, -0.2) is 14.3 Å². The van der Waals surface area contributed by atoms with E-state index in [4.69, 9.17) is 14.2 Å². The minimum atomic E-state index is -0.529. The summed E-state index contributed by atoms with van der Waals surface area (Å²) in [6, 6.07) is 18.4. The number of amides is 1. The molecule has 186 valence electrons. The Morgan fingerprint density at radius 3 is 2.49 bits per heavy atom. The average Bonchev–Trinajstić information content (AvgIpc) is 3.36. The highest BCUT2D eigenvalue weighted by Gasteiger charge is 2.19.